The number of hydrogen-bond donors (Lipinski definition) is 0. The summed E-state index contributed by atoms with van der Waals surface area (Å²) in [7, 11) is 0. The molecule has 0 atom stereocenters. The lowest BCUT2D eigenvalue weighted by Crippen LogP contribution is -2.04. The Morgan fingerprint density at radius 2 is 1.09 bits per heavy atom. The molecular weight excluding hydrogens is 573 g/mol. The quantitative estimate of drug-likeness (QED) is 0.185. The maximum absolute atomic E-state index is 11.2. The molecule has 6 aromatic carbocycles. The Hall–Kier alpha value is -6.75. The molecule has 0 fully saturated rings. The average Bonchev–Trinajstić information content (AvgIpc) is 3.48. The van der Waals surface area contributed by atoms with Crippen LogP contribution in [0, 0.1) is 17.9 Å². The third-order valence-corrected chi connectivity index (χ3v) is 8.76. The fraction of sp³-hybridized carbons (Fsp3) is 0. The Labute approximate surface area is 272 Å². The molecule has 0 radical (unpaired) electrons. The van der Waals surface area contributed by atoms with Gasteiger partial charge >= 0.3 is 0 Å². The van der Waals surface area contributed by atoms with E-state index in [2.05, 4.69) is 62.9 Å². The van der Waals surface area contributed by atoms with Crippen molar-refractivity contribution in [2.24, 2.45) is 0 Å². The van der Waals surface area contributed by atoms with Crippen LogP contribution in [-0.2, 0) is 0 Å². The summed E-state index contributed by atoms with van der Waals surface area (Å²) < 4.78 is 2.10. The van der Waals surface area contributed by atoms with Gasteiger partial charge in [0.05, 0.1) is 28.9 Å². The Balaban J connectivity index is 1.59. The minimum atomic E-state index is 0.425. The monoisotopic (exact) mass is 598 g/mol. The summed E-state index contributed by atoms with van der Waals surface area (Å²) in [5.41, 5.74) is 10.6. The largest absolute Gasteiger partial charge is 0.318 e. The number of rotatable bonds is 5. The minimum absolute atomic E-state index is 0.425. The Morgan fingerprint density at radius 3 is 1.66 bits per heavy atom. The Bertz CT molecular complexity index is 2420. The number of pyridine rings is 1. The number of benzene rings is 6. The topological polar surface area (TPSA) is 46.0 Å². The van der Waals surface area contributed by atoms with E-state index in [1.54, 1.807) is 6.20 Å². The normalized spacial score (nSPS) is 10.9. The SMILES string of the molecule is [C-]#[N+]c1c(-c2ccccc2)c(-c2ccccc2)c(-c2ccccc2)c(C#N)c1-n1c2ccncc2c2cc(-c3ccccc3)ccc21. The zero-order valence-corrected chi connectivity index (χ0v) is 25.3. The first-order valence-corrected chi connectivity index (χ1v) is 15.4. The van der Waals surface area contributed by atoms with Gasteiger partial charge < -0.3 is 4.57 Å². The molecule has 0 aliphatic carbocycles. The third kappa shape index (κ3) is 4.56. The lowest BCUT2D eigenvalue weighted by Gasteiger charge is -2.24. The highest BCUT2D eigenvalue weighted by Crippen LogP contribution is 2.52. The van der Waals surface area contributed by atoms with E-state index in [0.717, 1.165) is 66.3 Å². The summed E-state index contributed by atoms with van der Waals surface area (Å²) >= 11 is 0. The Kier molecular flexibility index (Phi) is 6.88. The van der Waals surface area contributed by atoms with Crippen LogP contribution in [0.15, 0.2) is 158 Å². The molecule has 0 bridgehead atoms. The summed E-state index contributed by atoms with van der Waals surface area (Å²) in [6.07, 6.45) is 3.65. The molecule has 0 unspecified atom stereocenters. The summed E-state index contributed by atoms with van der Waals surface area (Å²) in [4.78, 5) is 8.78. The molecule has 0 aliphatic rings. The van der Waals surface area contributed by atoms with Crippen molar-refractivity contribution in [3.63, 3.8) is 0 Å². The zero-order valence-electron chi connectivity index (χ0n) is 25.3. The van der Waals surface area contributed by atoms with Crippen molar-refractivity contribution in [2.75, 3.05) is 0 Å². The van der Waals surface area contributed by atoms with Gasteiger partial charge in [0.1, 0.15) is 6.07 Å². The van der Waals surface area contributed by atoms with Crippen molar-refractivity contribution >= 4 is 27.5 Å². The third-order valence-electron chi connectivity index (χ3n) is 8.76. The first-order valence-electron chi connectivity index (χ1n) is 15.4. The molecule has 2 aromatic heterocycles. The molecule has 0 saturated carbocycles. The van der Waals surface area contributed by atoms with Gasteiger partial charge in [-0.15, -0.1) is 0 Å². The molecule has 0 amide bonds. The molecule has 0 spiro atoms. The van der Waals surface area contributed by atoms with E-state index in [-0.39, 0.29) is 0 Å². The molecule has 218 valence electrons. The van der Waals surface area contributed by atoms with Gasteiger partial charge in [-0.3, -0.25) is 4.98 Å². The van der Waals surface area contributed by atoms with Crippen LogP contribution in [0.3, 0.4) is 0 Å². The average molecular weight is 599 g/mol. The fourth-order valence-electron chi connectivity index (χ4n) is 6.75. The second-order valence-corrected chi connectivity index (χ2v) is 11.3. The van der Waals surface area contributed by atoms with Crippen molar-refractivity contribution in [1.82, 2.24) is 9.55 Å². The van der Waals surface area contributed by atoms with Crippen LogP contribution in [0.4, 0.5) is 5.69 Å². The molecule has 0 aliphatic heterocycles. The van der Waals surface area contributed by atoms with E-state index in [0.29, 0.717) is 16.9 Å². The van der Waals surface area contributed by atoms with Crippen LogP contribution >= 0.6 is 0 Å². The van der Waals surface area contributed by atoms with Gasteiger partial charge in [-0.05, 0) is 57.1 Å². The van der Waals surface area contributed by atoms with Crippen LogP contribution in [0.5, 0.6) is 0 Å². The van der Waals surface area contributed by atoms with Gasteiger partial charge in [0.15, 0.2) is 0 Å². The molecule has 4 nitrogen and oxygen atoms in total. The molecule has 0 N–H and O–H groups in total. The van der Waals surface area contributed by atoms with Crippen molar-refractivity contribution in [2.45, 2.75) is 0 Å². The van der Waals surface area contributed by atoms with Crippen molar-refractivity contribution in [3.05, 3.63) is 175 Å². The van der Waals surface area contributed by atoms with E-state index in [1.165, 1.54) is 0 Å². The Morgan fingerprint density at radius 1 is 0.553 bits per heavy atom. The van der Waals surface area contributed by atoms with Crippen molar-refractivity contribution in [1.29, 1.82) is 5.26 Å². The van der Waals surface area contributed by atoms with Gasteiger partial charge in [0, 0.05) is 28.7 Å². The highest BCUT2D eigenvalue weighted by molar-refractivity contribution is 6.13. The second-order valence-electron chi connectivity index (χ2n) is 11.3. The van der Waals surface area contributed by atoms with Crippen LogP contribution in [0.25, 0.3) is 76.8 Å². The summed E-state index contributed by atoms with van der Waals surface area (Å²) in [5, 5.41) is 13.1. The molecule has 0 saturated heterocycles. The van der Waals surface area contributed by atoms with E-state index in [9.17, 15) is 5.26 Å². The molecule has 2 heterocycles. The molecule has 8 rings (SSSR count). The number of nitriles is 1. The predicted octanol–water partition coefficient (Wildman–Crippen LogP) is 11.3. The summed E-state index contributed by atoms with van der Waals surface area (Å²) in [6.45, 7) is 8.74. The van der Waals surface area contributed by atoms with E-state index >= 15 is 0 Å². The van der Waals surface area contributed by atoms with Crippen LogP contribution in [0.2, 0.25) is 0 Å². The van der Waals surface area contributed by atoms with Crippen molar-refractivity contribution < 1.29 is 0 Å². The fourth-order valence-corrected chi connectivity index (χ4v) is 6.75. The summed E-state index contributed by atoms with van der Waals surface area (Å²) in [6, 6.07) is 51.5. The van der Waals surface area contributed by atoms with Gasteiger partial charge in [-0.2, -0.15) is 5.26 Å². The van der Waals surface area contributed by atoms with Crippen LogP contribution < -0.4 is 0 Å². The number of aromatic nitrogens is 2. The van der Waals surface area contributed by atoms with E-state index in [1.807, 2.05) is 109 Å². The maximum Gasteiger partial charge on any atom is 0.220 e. The lowest BCUT2D eigenvalue weighted by atomic mass is 9.82. The van der Waals surface area contributed by atoms with Gasteiger partial charge in [0.25, 0.3) is 0 Å². The predicted molar refractivity (Wildman–Crippen MR) is 191 cm³/mol. The highest BCUT2D eigenvalue weighted by Gasteiger charge is 2.29. The molecule has 47 heavy (non-hydrogen) atoms. The van der Waals surface area contributed by atoms with Crippen molar-refractivity contribution in [3.8, 4) is 56.3 Å². The van der Waals surface area contributed by atoms with Crippen LogP contribution in [0.1, 0.15) is 5.56 Å². The first-order chi connectivity index (χ1) is 23.3. The molecular formula is C43H26N4. The summed E-state index contributed by atoms with van der Waals surface area (Å²) in [5.74, 6) is 0. The standard InChI is InChI=1S/C43H26N4/c1-45-42-41(32-20-12-5-13-21-32)40(31-18-10-4-11-19-31)39(30-16-8-3-9-17-30)35(27-44)43(42)47-37-23-22-33(29-14-6-2-7-15-29)26-34(37)36-28-46-25-24-38(36)47/h2-26,28H. The van der Waals surface area contributed by atoms with E-state index in [4.69, 9.17) is 6.57 Å². The minimum Gasteiger partial charge on any atom is -0.318 e. The zero-order chi connectivity index (χ0) is 31.7. The van der Waals surface area contributed by atoms with Gasteiger partial charge in [-0.1, -0.05) is 127 Å². The number of nitrogens with zero attached hydrogens (tertiary/aromatic N) is 4. The number of hydrogen-bond acceptors (Lipinski definition) is 2. The van der Waals surface area contributed by atoms with Crippen LogP contribution in [-0.4, -0.2) is 9.55 Å². The van der Waals surface area contributed by atoms with Gasteiger partial charge in [0.2, 0.25) is 5.69 Å². The van der Waals surface area contributed by atoms with E-state index < -0.39 is 0 Å². The second kappa shape index (κ2) is 11.6. The molecule has 4 heteroatoms. The van der Waals surface area contributed by atoms with Gasteiger partial charge in [-0.25, -0.2) is 4.85 Å². The highest BCUT2D eigenvalue weighted by atomic mass is 15.0. The molecule has 8 aromatic rings. The lowest BCUT2D eigenvalue weighted by molar-refractivity contribution is 1.17. The first kappa shape index (κ1) is 27.8. The smallest absolute Gasteiger partial charge is 0.220 e. The number of fused-ring (bicyclic) bond motifs is 3. The maximum atomic E-state index is 11.2.